The molecule has 2 saturated carbocycles. The predicted octanol–water partition coefficient (Wildman–Crippen LogP) is 1.47. The van der Waals surface area contributed by atoms with Gasteiger partial charge >= 0.3 is 5.97 Å². The van der Waals surface area contributed by atoms with E-state index < -0.39 is 11.5 Å². The van der Waals surface area contributed by atoms with Crippen LogP contribution < -0.4 is 5.32 Å². The first-order valence-corrected chi connectivity index (χ1v) is 8.40. The number of methoxy groups -OCH3 is 1. The Morgan fingerprint density at radius 3 is 2.81 bits per heavy atom. The second-order valence-corrected chi connectivity index (χ2v) is 7.02. The molecule has 0 aromatic rings. The smallest absolute Gasteiger partial charge is 0.324 e. The summed E-state index contributed by atoms with van der Waals surface area (Å²) in [5.41, 5.74) is -0.651. The molecule has 0 spiro atoms. The van der Waals surface area contributed by atoms with Crippen LogP contribution in [0, 0.1) is 5.92 Å². The van der Waals surface area contributed by atoms with Crippen LogP contribution in [-0.2, 0) is 9.53 Å². The standard InChI is InChI=1S/C16H28N2O3/c1-21-14-7-10-18(11-14)9-6-12-3-2-8-16(12,15(19)20)17-13-4-5-13/h12-14,17H,2-11H2,1H3,(H,19,20). The van der Waals surface area contributed by atoms with Crippen molar-refractivity contribution in [3.8, 4) is 0 Å². The Hall–Kier alpha value is -0.650. The van der Waals surface area contributed by atoms with E-state index in [1.54, 1.807) is 7.11 Å². The van der Waals surface area contributed by atoms with E-state index in [4.69, 9.17) is 4.74 Å². The van der Waals surface area contributed by atoms with Crippen molar-refractivity contribution in [1.29, 1.82) is 0 Å². The molecule has 3 fully saturated rings. The summed E-state index contributed by atoms with van der Waals surface area (Å²) in [6.45, 7) is 3.09. The zero-order chi connectivity index (χ0) is 14.9. The van der Waals surface area contributed by atoms with Crippen molar-refractivity contribution in [2.45, 2.75) is 62.6 Å². The normalized spacial score (nSPS) is 37.2. The minimum Gasteiger partial charge on any atom is -0.480 e. The van der Waals surface area contributed by atoms with Crippen molar-refractivity contribution < 1.29 is 14.6 Å². The summed E-state index contributed by atoms with van der Waals surface area (Å²) in [4.78, 5) is 14.3. The average Bonchev–Trinajstić information content (AvgIpc) is 3.01. The fraction of sp³-hybridized carbons (Fsp3) is 0.938. The molecule has 0 aromatic heterocycles. The fourth-order valence-corrected chi connectivity index (χ4v) is 4.12. The van der Waals surface area contributed by atoms with Crippen molar-refractivity contribution >= 4 is 5.97 Å². The molecule has 3 rings (SSSR count). The second-order valence-electron chi connectivity index (χ2n) is 7.02. The summed E-state index contributed by atoms with van der Waals surface area (Å²) in [6, 6.07) is 0.450. The molecule has 3 atom stereocenters. The van der Waals surface area contributed by atoms with E-state index in [9.17, 15) is 9.90 Å². The summed E-state index contributed by atoms with van der Waals surface area (Å²) in [5.74, 6) is -0.356. The minimum atomic E-state index is -0.651. The number of nitrogens with one attached hydrogen (secondary N) is 1. The zero-order valence-corrected chi connectivity index (χ0v) is 13.0. The van der Waals surface area contributed by atoms with Gasteiger partial charge in [0, 0.05) is 26.2 Å². The number of ether oxygens (including phenoxy) is 1. The molecule has 5 heteroatoms. The maximum Gasteiger partial charge on any atom is 0.324 e. The first kappa shape index (κ1) is 15.3. The monoisotopic (exact) mass is 296 g/mol. The van der Waals surface area contributed by atoms with Gasteiger partial charge in [0.1, 0.15) is 5.54 Å². The molecule has 3 unspecified atom stereocenters. The maximum absolute atomic E-state index is 11.9. The van der Waals surface area contributed by atoms with E-state index >= 15 is 0 Å². The van der Waals surface area contributed by atoms with Crippen LogP contribution in [0.25, 0.3) is 0 Å². The Morgan fingerprint density at radius 1 is 1.38 bits per heavy atom. The highest BCUT2D eigenvalue weighted by atomic mass is 16.5. The van der Waals surface area contributed by atoms with Gasteiger partial charge in [-0.15, -0.1) is 0 Å². The van der Waals surface area contributed by atoms with Gasteiger partial charge in [-0.25, -0.2) is 0 Å². The molecule has 0 amide bonds. The molecule has 1 saturated heterocycles. The van der Waals surface area contributed by atoms with E-state index in [0.717, 1.165) is 64.6 Å². The SMILES string of the molecule is COC1CCN(CCC2CCCC2(NC2CC2)C(=O)O)C1. The van der Waals surface area contributed by atoms with Crippen LogP contribution in [0.4, 0.5) is 0 Å². The van der Waals surface area contributed by atoms with Gasteiger partial charge in [-0.05, 0) is 51.0 Å². The summed E-state index contributed by atoms with van der Waals surface area (Å²) in [5, 5.41) is 13.3. The first-order chi connectivity index (χ1) is 10.1. The van der Waals surface area contributed by atoms with Crippen molar-refractivity contribution in [2.75, 3.05) is 26.7 Å². The van der Waals surface area contributed by atoms with Crippen LogP contribution in [0.5, 0.6) is 0 Å². The summed E-state index contributed by atoms with van der Waals surface area (Å²) < 4.78 is 5.41. The molecule has 2 aliphatic carbocycles. The minimum absolute atomic E-state index is 0.275. The van der Waals surface area contributed by atoms with Crippen LogP contribution in [0.15, 0.2) is 0 Å². The third kappa shape index (κ3) is 3.25. The van der Waals surface area contributed by atoms with Gasteiger partial charge in [-0.3, -0.25) is 10.1 Å². The number of hydrogen-bond donors (Lipinski definition) is 2. The van der Waals surface area contributed by atoms with Gasteiger partial charge in [-0.2, -0.15) is 0 Å². The van der Waals surface area contributed by atoms with Crippen LogP contribution >= 0.6 is 0 Å². The average molecular weight is 296 g/mol. The molecule has 0 bridgehead atoms. The van der Waals surface area contributed by atoms with Crippen LogP contribution in [0.2, 0.25) is 0 Å². The fourth-order valence-electron chi connectivity index (χ4n) is 4.12. The van der Waals surface area contributed by atoms with Crippen LogP contribution in [0.1, 0.15) is 44.9 Å². The zero-order valence-electron chi connectivity index (χ0n) is 13.0. The van der Waals surface area contributed by atoms with E-state index in [1.165, 1.54) is 0 Å². The quantitative estimate of drug-likeness (QED) is 0.745. The Bertz CT molecular complexity index is 386. The molecule has 2 N–H and O–H groups in total. The largest absolute Gasteiger partial charge is 0.480 e. The topological polar surface area (TPSA) is 61.8 Å². The molecule has 3 aliphatic rings. The first-order valence-electron chi connectivity index (χ1n) is 8.40. The molecule has 0 radical (unpaired) electrons. The van der Waals surface area contributed by atoms with Crippen LogP contribution in [-0.4, -0.2) is 60.4 Å². The molecule has 21 heavy (non-hydrogen) atoms. The number of nitrogens with zero attached hydrogens (tertiary/aromatic N) is 1. The maximum atomic E-state index is 11.9. The lowest BCUT2D eigenvalue weighted by molar-refractivity contribution is -0.147. The number of likely N-dealkylation sites (tertiary alicyclic amines) is 1. The van der Waals surface area contributed by atoms with Crippen molar-refractivity contribution in [1.82, 2.24) is 10.2 Å². The highest BCUT2D eigenvalue weighted by Crippen LogP contribution is 2.41. The molecular formula is C16H28N2O3. The number of carboxylic acids is 1. The number of hydrogen-bond acceptors (Lipinski definition) is 4. The molecular weight excluding hydrogens is 268 g/mol. The Labute approximate surface area is 127 Å². The van der Waals surface area contributed by atoms with Crippen molar-refractivity contribution in [3.63, 3.8) is 0 Å². The van der Waals surface area contributed by atoms with E-state index in [-0.39, 0.29) is 5.92 Å². The second kappa shape index (κ2) is 6.23. The van der Waals surface area contributed by atoms with Gasteiger partial charge in [0.25, 0.3) is 0 Å². The molecule has 1 heterocycles. The Kier molecular flexibility index (Phi) is 4.52. The third-order valence-electron chi connectivity index (χ3n) is 5.60. The van der Waals surface area contributed by atoms with E-state index in [1.807, 2.05) is 0 Å². The van der Waals surface area contributed by atoms with Gasteiger partial charge in [0.2, 0.25) is 0 Å². The van der Waals surface area contributed by atoms with E-state index in [0.29, 0.717) is 12.1 Å². The van der Waals surface area contributed by atoms with Gasteiger partial charge < -0.3 is 14.7 Å². The molecule has 5 nitrogen and oxygen atoms in total. The predicted molar refractivity (Wildman–Crippen MR) is 80.3 cm³/mol. The number of rotatable bonds is 7. The van der Waals surface area contributed by atoms with Gasteiger partial charge in [0.15, 0.2) is 0 Å². The van der Waals surface area contributed by atoms with Crippen molar-refractivity contribution in [2.24, 2.45) is 5.92 Å². The highest BCUT2D eigenvalue weighted by Gasteiger charge is 2.51. The lowest BCUT2D eigenvalue weighted by Gasteiger charge is -2.33. The van der Waals surface area contributed by atoms with Gasteiger partial charge in [-0.1, -0.05) is 6.42 Å². The van der Waals surface area contributed by atoms with Crippen LogP contribution in [0.3, 0.4) is 0 Å². The number of carbonyl (C=O) groups is 1. The van der Waals surface area contributed by atoms with Gasteiger partial charge in [0.05, 0.1) is 6.10 Å². The Balaban J connectivity index is 1.56. The lowest BCUT2D eigenvalue weighted by atomic mass is 9.84. The third-order valence-corrected chi connectivity index (χ3v) is 5.60. The number of aliphatic carboxylic acids is 1. The Morgan fingerprint density at radius 2 is 2.19 bits per heavy atom. The highest BCUT2D eigenvalue weighted by molar-refractivity contribution is 5.80. The molecule has 0 aromatic carbocycles. The summed E-state index contributed by atoms with van der Waals surface area (Å²) in [7, 11) is 1.78. The molecule has 1 aliphatic heterocycles. The van der Waals surface area contributed by atoms with E-state index in [2.05, 4.69) is 10.2 Å². The van der Waals surface area contributed by atoms with Crippen molar-refractivity contribution in [3.05, 3.63) is 0 Å². The lowest BCUT2D eigenvalue weighted by Crippen LogP contribution is -2.56. The summed E-state index contributed by atoms with van der Waals surface area (Å²) in [6.07, 6.45) is 7.62. The number of carboxylic acid groups (broad SMARTS) is 1. The summed E-state index contributed by atoms with van der Waals surface area (Å²) >= 11 is 0. The molecule has 120 valence electrons.